The number of amides is 1. The lowest BCUT2D eigenvalue weighted by Crippen LogP contribution is -2.23. The summed E-state index contributed by atoms with van der Waals surface area (Å²) in [5.74, 6) is 1.40. The highest BCUT2D eigenvalue weighted by Crippen LogP contribution is 2.38. The number of hydrogen-bond acceptors (Lipinski definition) is 5. The molecule has 0 radical (unpaired) electrons. The molecule has 1 heterocycles. The number of para-hydroxylation sites is 1. The maximum Gasteiger partial charge on any atom is 0.244 e. The van der Waals surface area contributed by atoms with E-state index in [4.69, 9.17) is 14.2 Å². The maximum atomic E-state index is 12.1. The minimum absolute atomic E-state index is 0.183. The van der Waals surface area contributed by atoms with Crippen LogP contribution in [0.15, 0.2) is 42.5 Å². The molecule has 0 atom stereocenters. The summed E-state index contributed by atoms with van der Waals surface area (Å²) in [4.78, 5) is 12.1. The predicted octanol–water partition coefficient (Wildman–Crippen LogP) is 2.96. The average Bonchev–Trinajstić information content (AvgIpc) is 3.14. The molecule has 3 rings (SSSR count). The van der Waals surface area contributed by atoms with Crippen LogP contribution in [-0.2, 0) is 11.2 Å². The molecule has 0 spiro atoms. The topological polar surface area (TPSA) is 85.5 Å². The van der Waals surface area contributed by atoms with Gasteiger partial charge in [-0.05, 0) is 29.8 Å². The van der Waals surface area contributed by atoms with Gasteiger partial charge in [0.2, 0.25) is 11.7 Å². The van der Waals surface area contributed by atoms with Gasteiger partial charge >= 0.3 is 0 Å². The van der Waals surface area contributed by atoms with Crippen molar-refractivity contribution < 1.29 is 19.0 Å². The SMILES string of the molecule is COc1cc(/C=C/C(=O)NCCc2[nH]nc3ccccc23)cc(OC)c1OC. The van der Waals surface area contributed by atoms with Crippen molar-refractivity contribution in [1.29, 1.82) is 0 Å². The molecule has 0 unspecified atom stereocenters. The largest absolute Gasteiger partial charge is 0.493 e. The summed E-state index contributed by atoms with van der Waals surface area (Å²) in [6, 6.07) is 11.4. The monoisotopic (exact) mass is 381 g/mol. The lowest BCUT2D eigenvalue weighted by Gasteiger charge is -2.12. The first-order valence-corrected chi connectivity index (χ1v) is 8.84. The normalized spacial score (nSPS) is 11.0. The van der Waals surface area contributed by atoms with Crippen molar-refractivity contribution in [1.82, 2.24) is 15.5 Å². The van der Waals surface area contributed by atoms with Crippen LogP contribution in [0.4, 0.5) is 0 Å². The highest BCUT2D eigenvalue weighted by atomic mass is 16.5. The van der Waals surface area contributed by atoms with Gasteiger partial charge in [-0.2, -0.15) is 5.10 Å². The van der Waals surface area contributed by atoms with Crippen LogP contribution in [0.2, 0.25) is 0 Å². The number of carbonyl (C=O) groups is 1. The van der Waals surface area contributed by atoms with Crippen LogP contribution >= 0.6 is 0 Å². The van der Waals surface area contributed by atoms with E-state index in [2.05, 4.69) is 15.5 Å². The van der Waals surface area contributed by atoms with Gasteiger partial charge in [-0.15, -0.1) is 0 Å². The first-order chi connectivity index (χ1) is 13.7. The summed E-state index contributed by atoms with van der Waals surface area (Å²) in [5, 5.41) is 11.2. The number of rotatable bonds is 8. The number of benzene rings is 2. The van der Waals surface area contributed by atoms with E-state index >= 15 is 0 Å². The van der Waals surface area contributed by atoms with Crippen molar-refractivity contribution in [2.75, 3.05) is 27.9 Å². The van der Waals surface area contributed by atoms with Gasteiger partial charge in [-0.1, -0.05) is 18.2 Å². The number of methoxy groups -OCH3 is 3. The molecule has 7 heteroatoms. The molecule has 1 aromatic heterocycles. The zero-order chi connectivity index (χ0) is 19.9. The molecule has 146 valence electrons. The van der Waals surface area contributed by atoms with E-state index in [1.165, 1.54) is 6.08 Å². The molecule has 1 amide bonds. The Balaban J connectivity index is 1.61. The van der Waals surface area contributed by atoms with E-state index in [1.807, 2.05) is 24.3 Å². The number of nitrogens with one attached hydrogen (secondary N) is 2. The molecule has 7 nitrogen and oxygen atoms in total. The molecule has 3 aromatic rings. The smallest absolute Gasteiger partial charge is 0.244 e. The molecule has 0 aliphatic heterocycles. The number of nitrogens with zero attached hydrogens (tertiary/aromatic N) is 1. The van der Waals surface area contributed by atoms with Crippen molar-refractivity contribution in [3.8, 4) is 17.2 Å². The Hall–Kier alpha value is -3.48. The predicted molar refractivity (Wildman–Crippen MR) is 108 cm³/mol. The lowest BCUT2D eigenvalue weighted by atomic mass is 10.1. The van der Waals surface area contributed by atoms with Gasteiger partial charge in [0, 0.05) is 30.1 Å². The second-order valence-corrected chi connectivity index (χ2v) is 6.05. The van der Waals surface area contributed by atoms with Gasteiger partial charge in [0.1, 0.15) is 0 Å². The summed E-state index contributed by atoms with van der Waals surface area (Å²) in [7, 11) is 4.65. The summed E-state index contributed by atoms with van der Waals surface area (Å²) in [6.45, 7) is 0.505. The number of ether oxygens (including phenoxy) is 3. The van der Waals surface area contributed by atoms with Crippen molar-refractivity contribution in [2.24, 2.45) is 0 Å². The Morgan fingerprint density at radius 2 is 1.82 bits per heavy atom. The molecule has 0 saturated carbocycles. The van der Waals surface area contributed by atoms with Gasteiger partial charge in [0.05, 0.1) is 26.8 Å². The molecule has 0 fully saturated rings. The molecule has 0 bridgehead atoms. The number of carbonyl (C=O) groups excluding carboxylic acids is 1. The molecule has 2 N–H and O–H groups in total. The summed E-state index contributed by atoms with van der Waals surface area (Å²) < 4.78 is 15.9. The fourth-order valence-electron chi connectivity index (χ4n) is 2.94. The first-order valence-electron chi connectivity index (χ1n) is 8.84. The van der Waals surface area contributed by atoms with Crippen LogP contribution in [-0.4, -0.2) is 44.0 Å². The van der Waals surface area contributed by atoms with Gasteiger partial charge in [-0.3, -0.25) is 9.89 Å². The Morgan fingerprint density at radius 1 is 1.11 bits per heavy atom. The summed E-state index contributed by atoms with van der Waals surface area (Å²) in [5.41, 5.74) is 2.69. The van der Waals surface area contributed by atoms with Crippen LogP contribution in [0.1, 0.15) is 11.3 Å². The van der Waals surface area contributed by atoms with Crippen LogP contribution in [0.3, 0.4) is 0 Å². The third kappa shape index (κ3) is 4.25. The van der Waals surface area contributed by atoms with Crippen molar-refractivity contribution in [3.05, 3.63) is 53.7 Å². The lowest BCUT2D eigenvalue weighted by molar-refractivity contribution is -0.116. The number of hydrogen-bond donors (Lipinski definition) is 2. The second-order valence-electron chi connectivity index (χ2n) is 6.05. The number of aromatic nitrogens is 2. The van der Waals surface area contributed by atoms with E-state index < -0.39 is 0 Å². The van der Waals surface area contributed by atoms with Crippen molar-refractivity contribution in [2.45, 2.75) is 6.42 Å². The molecule has 0 aliphatic carbocycles. The Kier molecular flexibility index (Phi) is 6.16. The molecule has 0 saturated heterocycles. The van der Waals surface area contributed by atoms with Crippen molar-refractivity contribution in [3.63, 3.8) is 0 Å². The Bertz CT molecular complexity index is 969. The van der Waals surface area contributed by atoms with Crippen LogP contribution in [0, 0.1) is 0 Å². The van der Waals surface area contributed by atoms with E-state index in [1.54, 1.807) is 39.5 Å². The number of aromatic amines is 1. The Labute approximate surface area is 163 Å². The quantitative estimate of drug-likeness (QED) is 0.586. The Morgan fingerprint density at radius 3 is 2.50 bits per heavy atom. The standard InChI is InChI=1S/C21H23N3O4/c1-26-18-12-14(13-19(27-2)21(18)28-3)8-9-20(25)22-11-10-17-15-6-4-5-7-16(15)23-24-17/h4-9,12-13H,10-11H2,1-3H3,(H,22,25)(H,23,24)/b9-8+. The molecule has 28 heavy (non-hydrogen) atoms. The van der Waals surface area contributed by atoms with E-state index in [0.29, 0.717) is 30.2 Å². The van der Waals surface area contributed by atoms with Crippen LogP contribution in [0.5, 0.6) is 17.2 Å². The third-order valence-electron chi connectivity index (χ3n) is 4.33. The molecule has 2 aromatic carbocycles. The van der Waals surface area contributed by atoms with Gasteiger partial charge < -0.3 is 19.5 Å². The highest BCUT2D eigenvalue weighted by molar-refractivity contribution is 5.92. The zero-order valence-electron chi connectivity index (χ0n) is 16.1. The molecular weight excluding hydrogens is 358 g/mol. The van der Waals surface area contributed by atoms with Gasteiger partial charge in [0.25, 0.3) is 0 Å². The second kappa shape index (κ2) is 8.94. The first kappa shape index (κ1) is 19.3. The molecular formula is C21H23N3O4. The maximum absolute atomic E-state index is 12.1. The van der Waals surface area contributed by atoms with Crippen LogP contribution in [0.25, 0.3) is 17.0 Å². The van der Waals surface area contributed by atoms with Crippen LogP contribution < -0.4 is 19.5 Å². The average molecular weight is 381 g/mol. The fraction of sp³-hybridized carbons (Fsp3) is 0.238. The van der Waals surface area contributed by atoms with E-state index in [0.717, 1.165) is 22.2 Å². The van der Waals surface area contributed by atoms with Crippen molar-refractivity contribution >= 4 is 22.9 Å². The third-order valence-corrected chi connectivity index (χ3v) is 4.33. The molecule has 0 aliphatic rings. The summed E-state index contributed by atoms with van der Waals surface area (Å²) >= 11 is 0. The zero-order valence-corrected chi connectivity index (χ0v) is 16.1. The van der Waals surface area contributed by atoms with E-state index in [9.17, 15) is 4.79 Å². The summed E-state index contributed by atoms with van der Waals surface area (Å²) in [6.07, 6.45) is 3.85. The fourth-order valence-corrected chi connectivity index (χ4v) is 2.94. The number of H-pyrrole nitrogens is 1. The van der Waals surface area contributed by atoms with Gasteiger partial charge in [-0.25, -0.2) is 0 Å². The minimum atomic E-state index is -0.183. The highest BCUT2D eigenvalue weighted by Gasteiger charge is 2.12. The minimum Gasteiger partial charge on any atom is -0.493 e. The van der Waals surface area contributed by atoms with Gasteiger partial charge in [0.15, 0.2) is 11.5 Å². The number of fused-ring (bicyclic) bond motifs is 1. The van der Waals surface area contributed by atoms with E-state index in [-0.39, 0.29) is 5.91 Å².